The van der Waals surface area contributed by atoms with Crippen LogP contribution in [0.1, 0.15) is 22.5 Å². The molecule has 2 aliphatic rings. The summed E-state index contributed by atoms with van der Waals surface area (Å²) in [4.78, 5) is 42.5. The van der Waals surface area contributed by atoms with E-state index in [0.29, 0.717) is 58.7 Å². The lowest BCUT2D eigenvalue weighted by atomic mass is 9.96. The van der Waals surface area contributed by atoms with E-state index in [1.54, 1.807) is 0 Å². The molecular formula is C17H24N4O3S. The molecule has 0 aromatic carbocycles. The number of hydrogen-bond donors (Lipinski definition) is 1. The predicted octanol–water partition coefficient (Wildman–Crippen LogP) is 0.230. The number of primary amides is 1. The molecule has 8 heteroatoms. The Kier molecular flexibility index (Phi) is 5.70. The summed E-state index contributed by atoms with van der Waals surface area (Å²) < 4.78 is 0. The van der Waals surface area contributed by atoms with Gasteiger partial charge in [0.2, 0.25) is 11.8 Å². The summed E-state index contributed by atoms with van der Waals surface area (Å²) >= 11 is 1.46. The monoisotopic (exact) mass is 364 g/mol. The lowest BCUT2D eigenvalue weighted by Crippen LogP contribution is -2.52. The van der Waals surface area contributed by atoms with Gasteiger partial charge in [-0.2, -0.15) is 0 Å². The highest BCUT2D eigenvalue weighted by Crippen LogP contribution is 2.17. The first-order chi connectivity index (χ1) is 12.0. The third-order valence-corrected chi connectivity index (χ3v) is 5.86. The van der Waals surface area contributed by atoms with Crippen LogP contribution in [-0.4, -0.2) is 78.2 Å². The number of thiophene rings is 1. The van der Waals surface area contributed by atoms with Crippen molar-refractivity contribution < 1.29 is 14.4 Å². The third-order valence-electron chi connectivity index (χ3n) is 5.00. The maximum atomic E-state index is 12.4. The van der Waals surface area contributed by atoms with Gasteiger partial charge in [0.05, 0.1) is 11.4 Å². The molecule has 1 aromatic rings. The Hall–Kier alpha value is -1.93. The lowest BCUT2D eigenvalue weighted by molar-refractivity contribution is -0.136. The maximum Gasteiger partial charge on any atom is 0.264 e. The van der Waals surface area contributed by atoms with Gasteiger partial charge >= 0.3 is 0 Å². The molecule has 0 unspecified atom stereocenters. The molecule has 3 amide bonds. The quantitative estimate of drug-likeness (QED) is 0.829. The molecule has 0 bridgehead atoms. The fourth-order valence-corrected chi connectivity index (χ4v) is 4.06. The van der Waals surface area contributed by atoms with Gasteiger partial charge in [-0.1, -0.05) is 6.07 Å². The number of nitrogens with two attached hydrogens (primary N) is 1. The van der Waals surface area contributed by atoms with Gasteiger partial charge in [-0.3, -0.25) is 19.3 Å². The molecule has 2 N–H and O–H groups in total. The molecule has 0 saturated carbocycles. The second kappa shape index (κ2) is 7.97. The number of nitrogens with zero attached hydrogens (tertiary/aromatic N) is 3. The smallest absolute Gasteiger partial charge is 0.264 e. The fraction of sp³-hybridized carbons (Fsp3) is 0.588. The summed E-state index contributed by atoms with van der Waals surface area (Å²) in [5.41, 5.74) is 5.33. The van der Waals surface area contributed by atoms with Crippen molar-refractivity contribution in [3.63, 3.8) is 0 Å². The fourth-order valence-electron chi connectivity index (χ4n) is 3.37. The maximum absolute atomic E-state index is 12.4. The minimum atomic E-state index is -0.265. The molecule has 0 radical (unpaired) electrons. The van der Waals surface area contributed by atoms with E-state index in [-0.39, 0.29) is 23.6 Å². The second-order valence-corrected chi connectivity index (χ2v) is 7.55. The Morgan fingerprint density at radius 3 is 2.28 bits per heavy atom. The van der Waals surface area contributed by atoms with Crippen molar-refractivity contribution in [1.29, 1.82) is 0 Å². The van der Waals surface area contributed by atoms with Gasteiger partial charge in [0, 0.05) is 45.2 Å². The van der Waals surface area contributed by atoms with Crippen LogP contribution in [-0.2, 0) is 9.59 Å². The van der Waals surface area contributed by atoms with Gasteiger partial charge < -0.3 is 15.5 Å². The minimum absolute atomic E-state index is 0.0782. The Morgan fingerprint density at radius 2 is 1.72 bits per heavy atom. The van der Waals surface area contributed by atoms with Crippen LogP contribution in [0.25, 0.3) is 0 Å². The summed E-state index contributed by atoms with van der Waals surface area (Å²) in [6.07, 6.45) is 1.31. The zero-order valence-corrected chi connectivity index (χ0v) is 15.0. The van der Waals surface area contributed by atoms with Crippen molar-refractivity contribution in [3.8, 4) is 0 Å². The van der Waals surface area contributed by atoms with Crippen LogP contribution in [0.15, 0.2) is 17.5 Å². The number of likely N-dealkylation sites (tertiary alicyclic amines) is 1. The summed E-state index contributed by atoms with van der Waals surface area (Å²) in [7, 11) is 0. The molecular weight excluding hydrogens is 340 g/mol. The number of piperazine rings is 1. The van der Waals surface area contributed by atoms with Crippen LogP contribution in [0, 0.1) is 5.92 Å². The molecule has 3 rings (SSSR count). The van der Waals surface area contributed by atoms with Crippen molar-refractivity contribution >= 4 is 29.1 Å². The van der Waals surface area contributed by atoms with E-state index in [2.05, 4.69) is 4.90 Å². The third kappa shape index (κ3) is 4.38. The predicted molar refractivity (Wildman–Crippen MR) is 95.2 cm³/mol. The zero-order chi connectivity index (χ0) is 17.8. The van der Waals surface area contributed by atoms with E-state index in [1.807, 2.05) is 27.3 Å². The first-order valence-electron chi connectivity index (χ1n) is 8.67. The highest BCUT2D eigenvalue weighted by molar-refractivity contribution is 7.12. The van der Waals surface area contributed by atoms with Crippen LogP contribution in [0.5, 0.6) is 0 Å². The number of carbonyl (C=O) groups is 3. The average molecular weight is 364 g/mol. The van der Waals surface area contributed by atoms with Gasteiger partial charge in [-0.05, 0) is 24.3 Å². The molecule has 136 valence electrons. The molecule has 0 spiro atoms. The number of amides is 3. The first-order valence-corrected chi connectivity index (χ1v) is 9.55. The zero-order valence-electron chi connectivity index (χ0n) is 14.2. The molecule has 3 heterocycles. The van der Waals surface area contributed by atoms with Gasteiger partial charge in [0.25, 0.3) is 5.91 Å². The van der Waals surface area contributed by atoms with Crippen molar-refractivity contribution in [1.82, 2.24) is 14.7 Å². The number of carbonyl (C=O) groups excluding carboxylic acids is 3. The molecule has 2 aliphatic heterocycles. The van der Waals surface area contributed by atoms with Crippen molar-refractivity contribution in [2.45, 2.75) is 12.8 Å². The van der Waals surface area contributed by atoms with Crippen LogP contribution >= 0.6 is 11.3 Å². The molecule has 0 aliphatic carbocycles. The standard InChI is InChI=1S/C17H24N4O3S/c18-16(23)13-3-5-20(6-4-13)15(22)12-19-7-9-21(10-8-19)17(24)14-2-1-11-25-14/h1-2,11,13H,3-10,12H2,(H2,18,23). The molecule has 2 saturated heterocycles. The SMILES string of the molecule is NC(=O)C1CCN(C(=O)CN2CCN(C(=O)c3cccs3)CC2)CC1. The van der Waals surface area contributed by atoms with Crippen LogP contribution in [0.2, 0.25) is 0 Å². The van der Waals surface area contributed by atoms with Crippen LogP contribution in [0.3, 0.4) is 0 Å². The Balaban J connectivity index is 1.42. The topological polar surface area (TPSA) is 86.9 Å². The van der Waals surface area contributed by atoms with Gasteiger partial charge in [-0.15, -0.1) is 11.3 Å². The molecule has 0 atom stereocenters. The van der Waals surface area contributed by atoms with Crippen molar-refractivity contribution in [2.24, 2.45) is 11.7 Å². The highest BCUT2D eigenvalue weighted by atomic mass is 32.1. The Labute approximate surface area is 151 Å². The number of hydrogen-bond acceptors (Lipinski definition) is 5. The van der Waals surface area contributed by atoms with E-state index in [0.717, 1.165) is 4.88 Å². The second-order valence-electron chi connectivity index (χ2n) is 6.60. The molecule has 2 fully saturated rings. The average Bonchev–Trinajstić information content (AvgIpc) is 3.16. The summed E-state index contributed by atoms with van der Waals surface area (Å²) in [6, 6.07) is 3.73. The highest BCUT2D eigenvalue weighted by Gasteiger charge is 2.28. The van der Waals surface area contributed by atoms with Crippen molar-refractivity contribution in [3.05, 3.63) is 22.4 Å². The summed E-state index contributed by atoms with van der Waals surface area (Å²) in [5, 5.41) is 1.91. The molecule has 1 aromatic heterocycles. The lowest BCUT2D eigenvalue weighted by Gasteiger charge is -2.36. The largest absolute Gasteiger partial charge is 0.369 e. The number of piperidine rings is 1. The van der Waals surface area contributed by atoms with E-state index >= 15 is 0 Å². The summed E-state index contributed by atoms with van der Waals surface area (Å²) in [5.74, 6) is -0.190. The van der Waals surface area contributed by atoms with Gasteiger partial charge in [0.15, 0.2) is 0 Å². The van der Waals surface area contributed by atoms with Gasteiger partial charge in [-0.25, -0.2) is 0 Å². The van der Waals surface area contributed by atoms with E-state index in [9.17, 15) is 14.4 Å². The summed E-state index contributed by atoms with van der Waals surface area (Å²) in [6.45, 7) is 4.29. The van der Waals surface area contributed by atoms with Crippen LogP contribution in [0.4, 0.5) is 0 Å². The molecule has 25 heavy (non-hydrogen) atoms. The minimum Gasteiger partial charge on any atom is -0.369 e. The van der Waals surface area contributed by atoms with Gasteiger partial charge in [0.1, 0.15) is 0 Å². The number of rotatable bonds is 4. The Bertz CT molecular complexity index is 618. The Morgan fingerprint density at radius 1 is 1.04 bits per heavy atom. The van der Waals surface area contributed by atoms with E-state index < -0.39 is 0 Å². The van der Waals surface area contributed by atoms with E-state index in [1.165, 1.54) is 11.3 Å². The van der Waals surface area contributed by atoms with Crippen molar-refractivity contribution in [2.75, 3.05) is 45.8 Å². The van der Waals surface area contributed by atoms with E-state index in [4.69, 9.17) is 5.73 Å². The van der Waals surface area contributed by atoms with Crippen LogP contribution < -0.4 is 5.73 Å². The first kappa shape index (κ1) is 17.9. The normalized spacial score (nSPS) is 19.8. The molecule has 7 nitrogen and oxygen atoms in total.